The molecule has 0 unspecified atom stereocenters. The number of carbonyl (C=O) groups is 1. The molecule has 4 nitrogen and oxygen atoms in total. The number of aryl methyl sites for hydroxylation is 1. The van der Waals surface area contributed by atoms with Crippen LogP contribution in [0.1, 0.15) is 38.2 Å². The van der Waals surface area contributed by atoms with E-state index in [2.05, 4.69) is 17.3 Å². The van der Waals surface area contributed by atoms with Crippen molar-refractivity contribution in [3.05, 3.63) is 18.0 Å². The number of rotatable bonds is 7. The Morgan fingerprint density at radius 2 is 2.25 bits per heavy atom. The van der Waals surface area contributed by atoms with Crippen molar-refractivity contribution in [2.75, 3.05) is 6.54 Å². The maximum Gasteiger partial charge on any atom is 0.241 e. The number of hydrogen-bond donors (Lipinski definition) is 1. The first-order valence-electron chi connectivity index (χ1n) is 5.98. The van der Waals surface area contributed by atoms with Gasteiger partial charge in [0.05, 0.1) is 6.20 Å². The lowest BCUT2D eigenvalue weighted by Gasteiger charge is -2.04. The standard InChI is InChI=1S/C12H21N3O/c1-3-4-5-6-7-13-12(16)10-15-9-11(2)8-14-15/h8-9H,3-7,10H2,1-2H3,(H,13,16). The summed E-state index contributed by atoms with van der Waals surface area (Å²) in [5, 5.41) is 6.97. The fourth-order valence-electron chi connectivity index (χ4n) is 1.54. The van der Waals surface area contributed by atoms with Crippen LogP contribution in [0.5, 0.6) is 0 Å². The maximum atomic E-state index is 11.5. The summed E-state index contributed by atoms with van der Waals surface area (Å²) >= 11 is 0. The van der Waals surface area contributed by atoms with Crippen LogP contribution < -0.4 is 5.32 Å². The van der Waals surface area contributed by atoms with Gasteiger partial charge in [-0.2, -0.15) is 5.10 Å². The zero-order valence-electron chi connectivity index (χ0n) is 10.2. The molecule has 0 aliphatic rings. The molecule has 0 saturated carbocycles. The zero-order valence-corrected chi connectivity index (χ0v) is 10.2. The van der Waals surface area contributed by atoms with E-state index < -0.39 is 0 Å². The Labute approximate surface area is 97.0 Å². The van der Waals surface area contributed by atoms with Crippen LogP contribution in [0.4, 0.5) is 0 Å². The molecule has 0 bridgehead atoms. The second-order valence-corrected chi connectivity index (χ2v) is 4.13. The third-order valence-electron chi connectivity index (χ3n) is 2.42. The topological polar surface area (TPSA) is 46.9 Å². The predicted octanol–water partition coefficient (Wildman–Crippen LogP) is 1.89. The Hall–Kier alpha value is -1.32. The molecule has 1 aromatic heterocycles. The molecule has 90 valence electrons. The summed E-state index contributed by atoms with van der Waals surface area (Å²) in [5.74, 6) is 0.0413. The van der Waals surface area contributed by atoms with Crippen LogP contribution in [0.25, 0.3) is 0 Å². The van der Waals surface area contributed by atoms with Crippen molar-refractivity contribution in [1.82, 2.24) is 15.1 Å². The minimum absolute atomic E-state index is 0.0413. The third kappa shape index (κ3) is 4.96. The number of aromatic nitrogens is 2. The number of hydrogen-bond acceptors (Lipinski definition) is 2. The lowest BCUT2D eigenvalue weighted by Crippen LogP contribution is -2.28. The predicted molar refractivity (Wildman–Crippen MR) is 64.1 cm³/mol. The average Bonchev–Trinajstić information content (AvgIpc) is 2.63. The van der Waals surface area contributed by atoms with E-state index in [4.69, 9.17) is 0 Å². The molecule has 0 spiro atoms. The van der Waals surface area contributed by atoms with Crippen molar-refractivity contribution in [3.63, 3.8) is 0 Å². The smallest absolute Gasteiger partial charge is 0.241 e. The molecule has 1 rings (SSSR count). The normalized spacial score (nSPS) is 10.4. The Morgan fingerprint density at radius 3 is 2.88 bits per heavy atom. The molecule has 0 radical (unpaired) electrons. The molecule has 0 saturated heterocycles. The molecule has 0 aliphatic carbocycles. The molecule has 1 amide bonds. The fourth-order valence-corrected chi connectivity index (χ4v) is 1.54. The fraction of sp³-hybridized carbons (Fsp3) is 0.667. The van der Waals surface area contributed by atoms with Crippen molar-refractivity contribution in [3.8, 4) is 0 Å². The number of amides is 1. The highest BCUT2D eigenvalue weighted by Gasteiger charge is 2.02. The van der Waals surface area contributed by atoms with E-state index >= 15 is 0 Å². The van der Waals surface area contributed by atoms with Crippen LogP contribution in [0.15, 0.2) is 12.4 Å². The van der Waals surface area contributed by atoms with Gasteiger partial charge in [0.15, 0.2) is 0 Å². The summed E-state index contributed by atoms with van der Waals surface area (Å²) in [5.41, 5.74) is 1.08. The summed E-state index contributed by atoms with van der Waals surface area (Å²) in [4.78, 5) is 11.5. The van der Waals surface area contributed by atoms with Crippen molar-refractivity contribution < 1.29 is 4.79 Å². The molecule has 0 aromatic carbocycles. The molecule has 1 heterocycles. The quantitative estimate of drug-likeness (QED) is 0.717. The lowest BCUT2D eigenvalue weighted by atomic mass is 10.2. The van der Waals surface area contributed by atoms with Crippen molar-refractivity contribution >= 4 is 5.91 Å². The number of nitrogens with one attached hydrogen (secondary N) is 1. The van der Waals surface area contributed by atoms with Crippen LogP contribution in [0.2, 0.25) is 0 Å². The van der Waals surface area contributed by atoms with E-state index in [1.807, 2.05) is 13.1 Å². The van der Waals surface area contributed by atoms with E-state index in [1.54, 1.807) is 10.9 Å². The number of carbonyl (C=O) groups excluding carboxylic acids is 1. The second kappa shape index (κ2) is 7.04. The van der Waals surface area contributed by atoms with Crippen LogP contribution in [-0.2, 0) is 11.3 Å². The van der Waals surface area contributed by atoms with E-state index in [0.717, 1.165) is 18.5 Å². The minimum Gasteiger partial charge on any atom is -0.354 e. The Bertz CT molecular complexity index is 320. The van der Waals surface area contributed by atoms with Gasteiger partial charge >= 0.3 is 0 Å². The van der Waals surface area contributed by atoms with Gasteiger partial charge < -0.3 is 5.32 Å². The molecule has 0 aliphatic heterocycles. The molecule has 1 aromatic rings. The highest BCUT2D eigenvalue weighted by molar-refractivity contribution is 5.75. The molecular weight excluding hydrogens is 202 g/mol. The van der Waals surface area contributed by atoms with Crippen molar-refractivity contribution in [2.45, 2.75) is 46.1 Å². The molecule has 0 atom stereocenters. The van der Waals surface area contributed by atoms with Crippen molar-refractivity contribution in [1.29, 1.82) is 0 Å². The highest BCUT2D eigenvalue weighted by Crippen LogP contribution is 1.97. The highest BCUT2D eigenvalue weighted by atomic mass is 16.2. The van der Waals surface area contributed by atoms with Gasteiger partial charge in [-0.05, 0) is 18.9 Å². The largest absolute Gasteiger partial charge is 0.354 e. The first-order chi connectivity index (χ1) is 7.72. The first kappa shape index (κ1) is 12.7. The van der Waals surface area contributed by atoms with Crippen LogP contribution in [-0.4, -0.2) is 22.2 Å². The van der Waals surface area contributed by atoms with Gasteiger partial charge in [-0.25, -0.2) is 0 Å². The summed E-state index contributed by atoms with van der Waals surface area (Å²) in [6.07, 6.45) is 8.36. The SMILES string of the molecule is CCCCCCNC(=O)Cn1cc(C)cn1. The lowest BCUT2D eigenvalue weighted by molar-refractivity contribution is -0.121. The van der Waals surface area contributed by atoms with E-state index in [9.17, 15) is 4.79 Å². The second-order valence-electron chi connectivity index (χ2n) is 4.13. The molecule has 0 fully saturated rings. The maximum absolute atomic E-state index is 11.5. The van der Waals surface area contributed by atoms with E-state index in [1.165, 1.54) is 19.3 Å². The van der Waals surface area contributed by atoms with Gasteiger partial charge in [-0.1, -0.05) is 26.2 Å². The summed E-state index contributed by atoms with van der Waals surface area (Å²) in [6.45, 7) is 5.24. The first-order valence-corrected chi connectivity index (χ1v) is 5.98. The molecular formula is C12H21N3O. The Kier molecular flexibility index (Phi) is 5.61. The number of unbranched alkanes of at least 4 members (excludes halogenated alkanes) is 3. The zero-order chi connectivity index (χ0) is 11.8. The third-order valence-corrected chi connectivity index (χ3v) is 2.42. The van der Waals surface area contributed by atoms with E-state index in [-0.39, 0.29) is 5.91 Å². The van der Waals surface area contributed by atoms with Gasteiger partial charge in [0, 0.05) is 12.7 Å². The van der Waals surface area contributed by atoms with Gasteiger partial charge in [-0.3, -0.25) is 9.48 Å². The summed E-state index contributed by atoms with van der Waals surface area (Å²) < 4.78 is 1.66. The van der Waals surface area contributed by atoms with E-state index in [0.29, 0.717) is 6.54 Å². The van der Waals surface area contributed by atoms with Gasteiger partial charge in [0.1, 0.15) is 6.54 Å². The summed E-state index contributed by atoms with van der Waals surface area (Å²) in [7, 11) is 0. The molecule has 1 N–H and O–H groups in total. The van der Waals surface area contributed by atoms with Gasteiger partial charge in [0.25, 0.3) is 0 Å². The molecule has 4 heteroatoms. The Morgan fingerprint density at radius 1 is 1.44 bits per heavy atom. The monoisotopic (exact) mass is 223 g/mol. The average molecular weight is 223 g/mol. The number of nitrogens with zero attached hydrogens (tertiary/aromatic N) is 2. The van der Waals surface area contributed by atoms with Crippen LogP contribution >= 0.6 is 0 Å². The van der Waals surface area contributed by atoms with Crippen molar-refractivity contribution in [2.24, 2.45) is 0 Å². The minimum atomic E-state index is 0.0413. The van der Waals surface area contributed by atoms with Gasteiger partial charge in [-0.15, -0.1) is 0 Å². The van der Waals surface area contributed by atoms with Crippen LogP contribution in [0.3, 0.4) is 0 Å². The molecule has 16 heavy (non-hydrogen) atoms. The van der Waals surface area contributed by atoms with Crippen LogP contribution in [0, 0.1) is 6.92 Å². The van der Waals surface area contributed by atoms with Gasteiger partial charge in [0.2, 0.25) is 5.91 Å². The summed E-state index contributed by atoms with van der Waals surface area (Å²) in [6, 6.07) is 0. The Balaban J connectivity index is 2.11.